The fraction of sp³-hybridized carbons (Fsp3) is 0. The molecule has 0 saturated carbocycles. The molecule has 0 aliphatic rings. The smallest absolute Gasteiger partial charge is 0.100 e. The summed E-state index contributed by atoms with van der Waals surface area (Å²) < 4.78 is 1.97. The largest absolute Gasteiger partial charge is 0.151 e. The minimum Gasteiger partial charge on any atom is -0.151 e. The van der Waals surface area contributed by atoms with Crippen LogP contribution in [0.2, 0.25) is 4.34 Å². The van der Waals surface area contributed by atoms with Gasteiger partial charge in [-0.2, -0.15) is 11.3 Å². The van der Waals surface area contributed by atoms with Gasteiger partial charge < -0.3 is 0 Å². The zero-order valence-electron chi connectivity index (χ0n) is 7.04. The molecule has 0 atom stereocenters. The second-order valence-electron chi connectivity index (χ2n) is 2.66. The van der Waals surface area contributed by atoms with Crippen LogP contribution in [0.1, 0.15) is 11.1 Å². The molecule has 0 fully saturated rings. The fourth-order valence-electron chi connectivity index (χ4n) is 1.01. The highest BCUT2D eigenvalue weighted by molar-refractivity contribution is 9.10. The summed E-state index contributed by atoms with van der Waals surface area (Å²) in [5, 5.41) is 6.15. The minimum atomic E-state index is 0.840. The average molecular weight is 306 g/mol. The van der Waals surface area contributed by atoms with E-state index in [2.05, 4.69) is 32.8 Å². The maximum absolute atomic E-state index is 5.98. The molecule has 0 saturated heterocycles. The van der Waals surface area contributed by atoms with E-state index in [-0.39, 0.29) is 0 Å². The van der Waals surface area contributed by atoms with Crippen molar-refractivity contribution in [2.24, 2.45) is 0 Å². The SMILES string of the molecule is Clc1sccc1/C=C\c1cscc1Br. The zero-order chi connectivity index (χ0) is 9.97. The molecule has 0 spiro atoms. The third-order valence-corrected chi connectivity index (χ3v) is 4.68. The third kappa shape index (κ3) is 2.28. The van der Waals surface area contributed by atoms with Crippen LogP contribution in [0.5, 0.6) is 0 Å². The lowest BCUT2D eigenvalue weighted by Gasteiger charge is -1.89. The van der Waals surface area contributed by atoms with Crippen LogP contribution in [0, 0.1) is 0 Å². The van der Waals surface area contributed by atoms with Gasteiger partial charge in [-0.3, -0.25) is 0 Å². The van der Waals surface area contributed by atoms with Gasteiger partial charge in [0.05, 0.1) is 0 Å². The van der Waals surface area contributed by atoms with E-state index in [9.17, 15) is 0 Å². The molecule has 2 aromatic heterocycles. The van der Waals surface area contributed by atoms with Gasteiger partial charge in [-0.25, -0.2) is 0 Å². The molecule has 72 valence electrons. The number of thiophene rings is 2. The van der Waals surface area contributed by atoms with Crippen LogP contribution in [-0.2, 0) is 0 Å². The van der Waals surface area contributed by atoms with Crippen LogP contribution in [0.25, 0.3) is 12.2 Å². The molecule has 0 nitrogen and oxygen atoms in total. The van der Waals surface area contributed by atoms with Crippen LogP contribution in [0.4, 0.5) is 0 Å². The van der Waals surface area contributed by atoms with Crippen molar-refractivity contribution in [3.8, 4) is 0 Å². The van der Waals surface area contributed by atoms with Crippen molar-refractivity contribution in [3.63, 3.8) is 0 Å². The van der Waals surface area contributed by atoms with Crippen LogP contribution >= 0.6 is 50.2 Å². The van der Waals surface area contributed by atoms with E-state index in [0.29, 0.717) is 0 Å². The summed E-state index contributed by atoms with van der Waals surface area (Å²) in [7, 11) is 0. The van der Waals surface area contributed by atoms with E-state index >= 15 is 0 Å². The summed E-state index contributed by atoms with van der Waals surface area (Å²) >= 11 is 12.7. The molecule has 2 heterocycles. The van der Waals surface area contributed by atoms with E-state index < -0.39 is 0 Å². The highest BCUT2D eigenvalue weighted by Crippen LogP contribution is 2.27. The van der Waals surface area contributed by atoms with Crippen molar-refractivity contribution in [2.75, 3.05) is 0 Å². The Kier molecular flexibility index (Phi) is 3.44. The topological polar surface area (TPSA) is 0 Å². The predicted molar refractivity (Wildman–Crippen MR) is 70.3 cm³/mol. The van der Waals surface area contributed by atoms with E-state index in [1.807, 2.05) is 17.5 Å². The summed E-state index contributed by atoms with van der Waals surface area (Å²) in [5.41, 5.74) is 2.27. The monoisotopic (exact) mass is 304 g/mol. The molecule has 0 N–H and O–H groups in total. The third-order valence-electron chi connectivity index (χ3n) is 1.73. The summed E-state index contributed by atoms with van der Waals surface area (Å²) in [5.74, 6) is 0. The highest BCUT2D eigenvalue weighted by Gasteiger charge is 1.98. The normalized spacial score (nSPS) is 11.3. The van der Waals surface area contributed by atoms with Crippen LogP contribution in [0.3, 0.4) is 0 Å². The van der Waals surface area contributed by atoms with Gasteiger partial charge in [0, 0.05) is 15.4 Å². The van der Waals surface area contributed by atoms with Crippen molar-refractivity contribution < 1.29 is 0 Å². The first-order chi connectivity index (χ1) is 6.77. The number of hydrogen-bond donors (Lipinski definition) is 0. The van der Waals surface area contributed by atoms with Crippen LogP contribution in [0.15, 0.2) is 26.7 Å². The summed E-state index contributed by atoms with van der Waals surface area (Å²) in [6, 6.07) is 2.02. The molecule has 0 amide bonds. The lowest BCUT2D eigenvalue weighted by Crippen LogP contribution is -1.66. The maximum Gasteiger partial charge on any atom is 0.100 e. The molecule has 0 aliphatic heterocycles. The van der Waals surface area contributed by atoms with Crippen LogP contribution in [-0.4, -0.2) is 0 Å². The van der Waals surface area contributed by atoms with Gasteiger partial charge in [-0.15, -0.1) is 11.3 Å². The molecular weight excluding hydrogens is 300 g/mol. The molecule has 0 bridgehead atoms. The maximum atomic E-state index is 5.98. The predicted octanol–water partition coefficient (Wildman–Crippen LogP) is 5.40. The Labute approximate surface area is 104 Å². The summed E-state index contributed by atoms with van der Waals surface area (Å²) in [6.45, 7) is 0. The lowest BCUT2D eigenvalue weighted by atomic mass is 10.2. The van der Waals surface area contributed by atoms with Gasteiger partial charge >= 0.3 is 0 Å². The second kappa shape index (κ2) is 4.62. The van der Waals surface area contributed by atoms with Crippen molar-refractivity contribution in [3.05, 3.63) is 42.1 Å². The standard InChI is InChI=1S/C10H6BrClS2/c11-9-6-13-5-8(9)2-1-7-3-4-14-10(7)12/h1-6H/b2-1-. The van der Waals surface area contributed by atoms with Gasteiger partial charge in [-0.05, 0) is 38.3 Å². The lowest BCUT2D eigenvalue weighted by molar-refractivity contribution is 1.79. The molecule has 2 rings (SSSR count). The van der Waals surface area contributed by atoms with Gasteiger partial charge in [0.15, 0.2) is 0 Å². The molecular formula is C10H6BrClS2. The quantitative estimate of drug-likeness (QED) is 0.697. The van der Waals surface area contributed by atoms with Gasteiger partial charge in [-0.1, -0.05) is 23.8 Å². The van der Waals surface area contributed by atoms with E-state index in [0.717, 1.165) is 14.4 Å². The Morgan fingerprint density at radius 1 is 1.21 bits per heavy atom. The van der Waals surface area contributed by atoms with Gasteiger partial charge in [0.1, 0.15) is 4.34 Å². The Morgan fingerprint density at radius 2 is 2.00 bits per heavy atom. The second-order valence-corrected chi connectivity index (χ2v) is 5.77. The molecule has 0 aliphatic carbocycles. The summed E-state index contributed by atoms with van der Waals surface area (Å²) in [4.78, 5) is 0. The molecule has 0 aromatic carbocycles. The Bertz CT molecular complexity index is 414. The molecule has 0 radical (unpaired) electrons. The molecule has 2 aromatic rings. The van der Waals surface area contributed by atoms with Gasteiger partial charge in [0.2, 0.25) is 0 Å². The molecule has 4 heteroatoms. The van der Waals surface area contributed by atoms with Crippen molar-refractivity contribution in [2.45, 2.75) is 0 Å². The Hall–Kier alpha value is -0.0900. The van der Waals surface area contributed by atoms with Crippen molar-refractivity contribution in [1.82, 2.24) is 0 Å². The molecule has 14 heavy (non-hydrogen) atoms. The molecule has 0 unspecified atom stereocenters. The van der Waals surface area contributed by atoms with E-state index in [4.69, 9.17) is 11.6 Å². The first-order valence-corrected chi connectivity index (χ1v) is 6.89. The fourth-order valence-corrected chi connectivity index (χ4v) is 3.30. The minimum absolute atomic E-state index is 0.840. The average Bonchev–Trinajstić information content (AvgIpc) is 2.72. The highest BCUT2D eigenvalue weighted by atomic mass is 79.9. The Balaban J connectivity index is 2.23. The number of rotatable bonds is 2. The first kappa shape index (κ1) is 10.4. The van der Waals surface area contributed by atoms with Crippen LogP contribution < -0.4 is 0 Å². The van der Waals surface area contributed by atoms with E-state index in [1.54, 1.807) is 22.7 Å². The summed E-state index contributed by atoms with van der Waals surface area (Å²) in [6.07, 6.45) is 4.10. The Morgan fingerprint density at radius 3 is 2.57 bits per heavy atom. The zero-order valence-corrected chi connectivity index (χ0v) is 11.0. The van der Waals surface area contributed by atoms with Crippen molar-refractivity contribution >= 4 is 62.4 Å². The number of halogens is 2. The first-order valence-electron chi connectivity index (χ1n) is 3.90. The van der Waals surface area contributed by atoms with E-state index in [1.165, 1.54) is 5.56 Å². The van der Waals surface area contributed by atoms with Gasteiger partial charge in [0.25, 0.3) is 0 Å². The number of hydrogen-bond acceptors (Lipinski definition) is 2. The van der Waals surface area contributed by atoms with Crippen molar-refractivity contribution in [1.29, 1.82) is 0 Å².